The maximum atomic E-state index is 12.0. The summed E-state index contributed by atoms with van der Waals surface area (Å²) in [6.45, 7) is 3.26. The molecule has 0 N–H and O–H groups in total. The zero-order chi connectivity index (χ0) is 13.4. The molecule has 3 atom stereocenters. The first-order valence-corrected chi connectivity index (χ1v) is 6.80. The van der Waals surface area contributed by atoms with Crippen LogP contribution in [-0.4, -0.2) is 40.7 Å². The number of carbonyl (C=O) groups excluding carboxylic acids is 1. The first kappa shape index (κ1) is 12.6. The van der Waals surface area contributed by atoms with Crippen LogP contribution in [0.15, 0.2) is 4.52 Å². The number of esters is 1. The second-order valence-corrected chi connectivity index (χ2v) is 5.48. The summed E-state index contributed by atoms with van der Waals surface area (Å²) in [5.41, 5.74) is 0. The van der Waals surface area contributed by atoms with Crippen LogP contribution in [0.5, 0.6) is 0 Å². The van der Waals surface area contributed by atoms with Crippen LogP contribution in [0, 0.1) is 18.8 Å². The van der Waals surface area contributed by atoms with E-state index in [2.05, 4.69) is 15.0 Å². The molecule has 0 radical (unpaired) electrons. The van der Waals surface area contributed by atoms with Crippen molar-refractivity contribution in [2.24, 2.45) is 11.8 Å². The van der Waals surface area contributed by atoms with Crippen LogP contribution in [0.25, 0.3) is 0 Å². The second-order valence-electron chi connectivity index (χ2n) is 5.48. The maximum Gasteiger partial charge on any atom is 0.323 e. The van der Waals surface area contributed by atoms with E-state index in [1.165, 1.54) is 20.0 Å². The van der Waals surface area contributed by atoms with Crippen LogP contribution in [-0.2, 0) is 16.1 Å². The molecule has 6 nitrogen and oxygen atoms in total. The predicted molar refractivity (Wildman–Crippen MR) is 66.1 cm³/mol. The van der Waals surface area contributed by atoms with E-state index in [9.17, 15) is 4.79 Å². The molecule has 1 aromatic rings. The van der Waals surface area contributed by atoms with E-state index in [4.69, 9.17) is 9.26 Å². The smallest absolute Gasteiger partial charge is 0.323 e. The highest BCUT2D eigenvalue weighted by molar-refractivity contribution is 5.76. The quantitative estimate of drug-likeness (QED) is 0.764. The van der Waals surface area contributed by atoms with Crippen molar-refractivity contribution in [3.63, 3.8) is 0 Å². The topological polar surface area (TPSA) is 68.5 Å². The van der Waals surface area contributed by atoms with E-state index in [-0.39, 0.29) is 12.0 Å². The average Bonchev–Trinajstić information content (AvgIpc) is 3.05. The lowest BCUT2D eigenvalue weighted by atomic mass is 9.94. The highest BCUT2D eigenvalue weighted by Crippen LogP contribution is 2.42. The lowest BCUT2D eigenvalue weighted by Gasteiger charge is -2.24. The third-order valence-corrected chi connectivity index (χ3v) is 4.34. The van der Waals surface area contributed by atoms with Gasteiger partial charge in [-0.1, -0.05) is 11.6 Å². The summed E-state index contributed by atoms with van der Waals surface area (Å²) < 4.78 is 9.96. The number of hydrogen-bond donors (Lipinski definition) is 0. The minimum absolute atomic E-state index is 0.130. The summed E-state index contributed by atoms with van der Waals surface area (Å²) in [5.74, 6) is 2.11. The van der Waals surface area contributed by atoms with Gasteiger partial charge in [-0.2, -0.15) is 4.98 Å². The Bertz CT molecular complexity index is 473. The highest BCUT2D eigenvalue weighted by atomic mass is 16.5. The van der Waals surface area contributed by atoms with Gasteiger partial charge >= 0.3 is 5.97 Å². The Kier molecular flexibility index (Phi) is 3.26. The van der Waals surface area contributed by atoms with Gasteiger partial charge in [-0.15, -0.1) is 0 Å². The third-order valence-electron chi connectivity index (χ3n) is 4.34. The molecule has 1 aliphatic carbocycles. The number of aromatic nitrogens is 2. The van der Waals surface area contributed by atoms with Crippen LogP contribution >= 0.6 is 0 Å². The minimum Gasteiger partial charge on any atom is -0.468 e. The SMILES string of the molecule is COC(=O)[C@@H]1[C@H]2CCC[C@@H]2CN1Cc1noc(C)n1. The van der Waals surface area contributed by atoms with Crippen LogP contribution in [0.2, 0.25) is 0 Å². The van der Waals surface area contributed by atoms with Gasteiger partial charge in [-0.25, -0.2) is 0 Å². The Hall–Kier alpha value is -1.43. The fourth-order valence-corrected chi connectivity index (χ4v) is 3.59. The molecule has 3 rings (SSSR count). The molecule has 2 heterocycles. The summed E-state index contributed by atoms with van der Waals surface area (Å²) in [4.78, 5) is 18.4. The molecule has 0 aromatic carbocycles. The van der Waals surface area contributed by atoms with Crippen LogP contribution in [0.3, 0.4) is 0 Å². The summed E-state index contributed by atoms with van der Waals surface area (Å²) in [6, 6.07) is -0.142. The van der Waals surface area contributed by atoms with Crippen molar-refractivity contribution >= 4 is 5.97 Å². The van der Waals surface area contributed by atoms with Gasteiger partial charge in [0.1, 0.15) is 6.04 Å². The molecular formula is C13H19N3O3. The van der Waals surface area contributed by atoms with E-state index < -0.39 is 0 Å². The van der Waals surface area contributed by atoms with Gasteiger partial charge in [0.05, 0.1) is 13.7 Å². The molecule has 0 amide bonds. The first-order chi connectivity index (χ1) is 9.19. The summed E-state index contributed by atoms with van der Waals surface area (Å²) in [5, 5.41) is 3.91. The van der Waals surface area contributed by atoms with Crippen LogP contribution in [0.1, 0.15) is 31.0 Å². The van der Waals surface area contributed by atoms with E-state index in [0.717, 1.165) is 13.0 Å². The van der Waals surface area contributed by atoms with Gasteiger partial charge in [0, 0.05) is 13.5 Å². The fraction of sp³-hybridized carbons (Fsp3) is 0.769. The number of fused-ring (bicyclic) bond motifs is 1. The minimum atomic E-state index is -0.142. The fourth-order valence-electron chi connectivity index (χ4n) is 3.59. The van der Waals surface area contributed by atoms with Crippen molar-refractivity contribution in [2.75, 3.05) is 13.7 Å². The van der Waals surface area contributed by atoms with Crippen molar-refractivity contribution < 1.29 is 14.1 Å². The largest absolute Gasteiger partial charge is 0.468 e. The molecule has 2 aliphatic rings. The lowest BCUT2D eigenvalue weighted by molar-refractivity contribution is -0.147. The second kappa shape index (κ2) is 4.92. The lowest BCUT2D eigenvalue weighted by Crippen LogP contribution is -2.40. The Morgan fingerprint density at radius 2 is 2.37 bits per heavy atom. The molecule has 1 saturated carbocycles. The van der Waals surface area contributed by atoms with E-state index in [0.29, 0.717) is 30.1 Å². The number of hydrogen-bond acceptors (Lipinski definition) is 6. The van der Waals surface area contributed by atoms with Gasteiger partial charge < -0.3 is 9.26 Å². The molecule has 0 spiro atoms. The third kappa shape index (κ3) is 2.25. The molecule has 1 aromatic heterocycles. The Morgan fingerprint density at radius 1 is 1.53 bits per heavy atom. The van der Waals surface area contributed by atoms with Gasteiger partial charge in [-0.05, 0) is 24.7 Å². The summed E-state index contributed by atoms with van der Waals surface area (Å²) >= 11 is 0. The van der Waals surface area contributed by atoms with Crippen molar-refractivity contribution in [3.8, 4) is 0 Å². The van der Waals surface area contributed by atoms with Crippen molar-refractivity contribution in [1.29, 1.82) is 0 Å². The molecule has 1 aliphatic heterocycles. The normalized spacial score (nSPS) is 30.5. The molecular weight excluding hydrogens is 246 g/mol. The van der Waals surface area contributed by atoms with Gasteiger partial charge in [0.2, 0.25) is 5.89 Å². The average molecular weight is 265 g/mol. The maximum absolute atomic E-state index is 12.0. The predicted octanol–water partition coefficient (Wildman–Crippen LogP) is 1.15. The Morgan fingerprint density at radius 3 is 3.05 bits per heavy atom. The molecule has 1 saturated heterocycles. The number of nitrogens with zero attached hydrogens (tertiary/aromatic N) is 3. The summed E-state index contributed by atoms with van der Waals surface area (Å²) in [6.07, 6.45) is 3.55. The van der Waals surface area contributed by atoms with E-state index in [1.54, 1.807) is 6.92 Å². The molecule has 6 heteroatoms. The van der Waals surface area contributed by atoms with Crippen molar-refractivity contribution in [2.45, 2.75) is 38.8 Å². The zero-order valence-corrected chi connectivity index (χ0v) is 11.3. The Labute approximate surface area is 112 Å². The summed E-state index contributed by atoms with van der Waals surface area (Å²) in [7, 11) is 1.46. The molecule has 0 bridgehead atoms. The van der Waals surface area contributed by atoms with E-state index in [1.807, 2.05) is 0 Å². The number of methoxy groups -OCH3 is 1. The van der Waals surface area contributed by atoms with Crippen LogP contribution in [0.4, 0.5) is 0 Å². The van der Waals surface area contributed by atoms with E-state index >= 15 is 0 Å². The first-order valence-electron chi connectivity index (χ1n) is 6.80. The Balaban J connectivity index is 1.77. The number of aryl methyl sites for hydroxylation is 1. The van der Waals surface area contributed by atoms with Crippen LogP contribution < -0.4 is 0 Å². The highest BCUT2D eigenvalue weighted by Gasteiger charge is 2.48. The molecule has 19 heavy (non-hydrogen) atoms. The number of rotatable bonds is 3. The number of likely N-dealkylation sites (tertiary alicyclic amines) is 1. The van der Waals surface area contributed by atoms with Gasteiger partial charge in [-0.3, -0.25) is 9.69 Å². The molecule has 2 fully saturated rings. The van der Waals surface area contributed by atoms with Crippen molar-refractivity contribution in [3.05, 3.63) is 11.7 Å². The van der Waals surface area contributed by atoms with Gasteiger partial charge in [0.15, 0.2) is 5.82 Å². The van der Waals surface area contributed by atoms with Gasteiger partial charge in [0.25, 0.3) is 0 Å². The monoisotopic (exact) mass is 265 g/mol. The molecule has 0 unspecified atom stereocenters. The number of ether oxygens (including phenoxy) is 1. The molecule has 104 valence electrons. The van der Waals surface area contributed by atoms with Crippen molar-refractivity contribution in [1.82, 2.24) is 15.0 Å². The zero-order valence-electron chi connectivity index (χ0n) is 11.3. The standard InChI is InChI=1S/C13H19N3O3/c1-8-14-11(15-19-8)7-16-6-9-4-3-5-10(9)12(16)13(17)18-2/h9-10,12H,3-7H2,1-2H3/t9-,10+,12+/m1/s1. The number of carbonyl (C=O) groups is 1.